The first-order chi connectivity index (χ1) is 10.2. The highest BCUT2D eigenvalue weighted by atomic mass is 16.5. The average Bonchev–Trinajstić information content (AvgIpc) is 3.30. The summed E-state index contributed by atoms with van der Waals surface area (Å²) in [6.45, 7) is 3.10. The van der Waals surface area contributed by atoms with Crippen molar-refractivity contribution in [3.63, 3.8) is 0 Å². The van der Waals surface area contributed by atoms with Crippen LogP contribution in [0.15, 0.2) is 18.2 Å². The number of hydrogen-bond acceptors (Lipinski definition) is 3. The summed E-state index contributed by atoms with van der Waals surface area (Å²) in [6, 6.07) is 5.89. The van der Waals surface area contributed by atoms with Crippen LogP contribution in [-0.2, 0) is 16.8 Å². The van der Waals surface area contributed by atoms with Gasteiger partial charge in [-0.05, 0) is 56.5 Å². The van der Waals surface area contributed by atoms with Crippen LogP contribution in [0.2, 0.25) is 0 Å². The third-order valence-corrected chi connectivity index (χ3v) is 4.84. The van der Waals surface area contributed by atoms with E-state index in [0.717, 1.165) is 49.4 Å². The second kappa shape index (κ2) is 5.68. The molecule has 1 saturated heterocycles. The number of ether oxygens (including phenoxy) is 1. The molecule has 0 radical (unpaired) electrons. The maximum absolute atomic E-state index is 11.5. The van der Waals surface area contributed by atoms with E-state index in [1.165, 1.54) is 19.3 Å². The number of likely N-dealkylation sites (tertiary alicyclic amines) is 1. The quantitative estimate of drug-likeness (QED) is 0.905. The van der Waals surface area contributed by atoms with E-state index >= 15 is 0 Å². The van der Waals surface area contributed by atoms with Gasteiger partial charge < -0.3 is 9.84 Å². The van der Waals surface area contributed by atoms with Crippen molar-refractivity contribution in [2.75, 3.05) is 20.2 Å². The van der Waals surface area contributed by atoms with E-state index < -0.39 is 11.4 Å². The zero-order valence-electron chi connectivity index (χ0n) is 12.6. The number of piperidine rings is 1. The van der Waals surface area contributed by atoms with Crippen LogP contribution in [0.3, 0.4) is 0 Å². The lowest BCUT2D eigenvalue weighted by atomic mass is 9.94. The Kier molecular flexibility index (Phi) is 3.89. The van der Waals surface area contributed by atoms with E-state index in [9.17, 15) is 9.90 Å². The van der Waals surface area contributed by atoms with Gasteiger partial charge in [-0.3, -0.25) is 9.69 Å². The van der Waals surface area contributed by atoms with E-state index in [2.05, 4.69) is 11.0 Å². The molecule has 1 aromatic carbocycles. The highest BCUT2D eigenvalue weighted by Crippen LogP contribution is 2.49. The van der Waals surface area contributed by atoms with Crippen molar-refractivity contribution in [3.05, 3.63) is 29.3 Å². The number of carbonyl (C=O) groups is 1. The molecule has 1 saturated carbocycles. The highest BCUT2D eigenvalue weighted by molar-refractivity contribution is 5.85. The normalized spacial score (nSPS) is 21.0. The molecule has 2 fully saturated rings. The second-order valence-corrected chi connectivity index (χ2v) is 6.25. The molecule has 0 bridgehead atoms. The number of hydrogen-bond donors (Lipinski definition) is 1. The van der Waals surface area contributed by atoms with Crippen molar-refractivity contribution in [2.45, 2.75) is 44.1 Å². The third-order valence-electron chi connectivity index (χ3n) is 4.84. The number of aliphatic carboxylic acids is 1. The monoisotopic (exact) mass is 289 g/mol. The Hall–Kier alpha value is -1.55. The fourth-order valence-corrected chi connectivity index (χ4v) is 3.31. The van der Waals surface area contributed by atoms with Gasteiger partial charge in [0.2, 0.25) is 0 Å². The fraction of sp³-hybridized carbons (Fsp3) is 0.588. The van der Waals surface area contributed by atoms with E-state index in [1.807, 2.05) is 12.1 Å². The molecule has 0 spiro atoms. The summed E-state index contributed by atoms with van der Waals surface area (Å²) in [5.41, 5.74) is 1.41. The maximum atomic E-state index is 11.5. The van der Waals surface area contributed by atoms with Gasteiger partial charge in [-0.1, -0.05) is 12.5 Å². The van der Waals surface area contributed by atoms with Crippen molar-refractivity contribution in [1.82, 2.24) is 4.90 Å². The Bertz CT molecular complexity index is 531. The van der Waals surface area contributed by atoms with E-state index in [-0.39, 0.29) is 0 Å². The van der Waals surface area contributed by atoms with Crippen LogP contribution in [0.5, 0.6) is 5.75 Å². The maximum Gasteiger partial charge on any atom is 0.314 e. The molecule has 1 N–H and O–H groups in total. The van der Waals surface area contributed by atoms with Crippen LogP contribution in [-0.4, -0.2) is 36.2 Å². The van der Waals surface area contributed by atoms with Gasteiger partial charge in [-0.2, -0.15) is 0 Å². The molecule has 0 unspecified atom stereocenters. The Morgan fingerprint density at radius 1 is 1.29 bits per heavy atom. The lowest BCUT2D eigenvalue weighted by Crippen LogP contribution is -2.29. The largest absolute Gasteiger partial charge is 0.496 e. The first kappa shape index (κ1) is 14.4. The van der Waals surface area contributed by atoms with Crippen LogP contribution in [0, 0.1) is 0 Å². The van der Waals surface area contributed by atoms with Crippen molar-refractivity contribution < 1.29 is 14.6 Å². The van der Waals surface area contributed by atoms with Gasteiger partial charge in [-0.15, -0.1) is 0 Å². The Morgan fingerprint density at radius 3 is 2.57 bits per heavy atom. The summed E-state index contributed by atoms with van der Waals surface area (Å²) in [4.78, 5) is 13.9. The SMILES string of the molecule is COc1ccc(C2(C(=O)O)CC2)cc1CN1CCCCC1. The first-order valence-corrected chi connectivity index (χ1v) is 7.79. The fourth-order valence-electron chi connectivity index (χ4n) is 3.31. The summed E-state index contributed by atoms with van der Waals surface area (Å²) in [6.07, 6.45) is 5.31. The van der Waals surface area contributed by atoms with Gasteiger partial charge in [0, 0.05) is 12.1 Å². The van der Waals surface area contributed by atoms with Crippen molar-refractivity contribution in [1.29, 1.82) is 0 Å². The standard InChI is InChI=1S/C17H23NO3/c1-21-15-6-5-14(17(7-8-17)16(19)20)11-13(15)12-18-9-3-2-4-10-18/h5-6,11H,2-4,7-10,12H2,1H3,(H,19,20). The smallest absolute Gasteiger partial charge is 0.314 e. The topological polar surface area (TPSA) is 49.8 Å². The van der Waals surface area contributed by atoms with Gasteiger partial charge in [0.15, 0.2) is 0 Å². The lowest BCUT2D eigenvalue weighted by molar-refractivity contribution is -0.140. The molecule has 0 atom stereocenters. The number of methoxy groups -OCH3 is 1. The molecule has 4 heteroatoms. The molecule has 114 valence electrons. The molecule has 1 aliphatic heterocycles. The van der Waals surface area contributed by atoms with E-state index in [4.69, 9.17) is 4.74 Å². The Balaban J connectivity index is 1.85. The number of nitrogens with zero attached hydrogens (tertiary/aromatic N) is 1. The lowest BCUT2D eigenvalue weighted by Gasteiger charge is -2.27. The van der Waals surface area contributed by atoms with Gasteiger partial charge in [-0.25, -0.2) is 0 Å². The second-order valence-electron chi connectivity index (χ2n) is 6.25. The van der Waals surface area contributed by atoms with E-state index in [1.54, 1.807) is 7.11 Å². The summed E-state index contributed by atoms with van der Waals surface area (Å²) >= 11 is 0. The molecule has 3 rings (SSSR count). The molecule has 0 aromatic heterocycles. The first-order valence-electron chi connectivity index (χ1n) is 7.79. The molecule has 0 amide bonds. The van der Waals surface area contributed by atoms with Crippen LogP contribution >= 0.6 is 0 Å². The van der Waals surface area contributed by atoms with Gasteiger partial charge in [0.1, 0.15) is 5.75 Å². The Morgan fingerprint density at radius 2 is 2.00 bits per heavy atom. The molecule has 1 aromatic rings. The van der Waals surface area contributed by atoms with Gasteiger partial charge >= 0.3 is 5.97 Å². The highest BCUT2D eigenvalue weighted by Gasteiger charge is 2.51. The summed E-state index contributed by atoms with van der Waals surface area (Å²) in [7, 11) is 1.68. The third kappa shape index (κ3) is 2.77. The molecule has 4 nitrogen and oxygen atoms in total. The average molecular weight is 289 g/mol. The number of carboxylic acid groups (broad SMARTS) is 1. The summed E-state index contributed by atoms with van der Waals surface area (Å²) < 4.78 is 5.46. The molecule has 2 aliphatic rings. The number of carboxylic acids is 1. The minimum absolute atomic E-state index is 0.636. The summed E-state index contributed by atoms with van der Waals surface area (Å²) in [5.74, 6) is 0.169. The zero-order valence-corrected chi connectivity index (χ0v) is 12.6. The molecule has 1 aliphatic carbocycles. The molecular formula is C17H23NO3. The molecule has 21 heavy (non-hydrogen) atoms. The number of benzene rings is 1. The zero-order chi connectivity index (χ0) is 14.9. The van der Waals surface area contributed by atoms with Gasteiger partial charge in [0.25, 0.3) is 0 Å². The minimum atomic E-state index is -0.698. The molecular weight excluding hydrogens is 266 g/mol. The predicted molar refractivity (Wildman–Crippen MR) is 80.7 cm³/mol. The van der Waals surface area contributed by atoms with Crippen LogP contribution < -0.4 is 4.74 Å². The van der Waals surface area contributed by atoms with Crippen molar-refractivity contribution in [3.8, 4) is 5.75 Å². The van der Waals surface area contributed by atoms with Crippen molar-refractivity contribution in [2.24, 2.45) is 0 Å². The van der Waals surface area contributed by atoms with E-state index in [0.29, 0.717) is 0 Å². The van der Waals surface area contributed by atoms with Crippen molar-refractivity contribution >= 4 is 5.97 Å². The Labute approximate surface area is 125 Å². The molecule has 1 heterocycles. The minimum Gasteiger partial charge on any atom is -0.496 e. The summed E-state index contributed by atoms with van der Waals surface area (Å²) in [5, 5.41) is 9.45. The van der Waals surface area contributed by atoms with Gasteiger partial charge in [0.05, 0.1) is 12.5 Å². The predicted octanol–water partition coefficient (Wildman–Crippen LogP) is 2.80. The van der Waals surface area contributed by atoms with Crippen LogP contribution in [0.1, 0.15) is 43.2 Å². The van der Waals surface area contributed by atoms with Crippen LogP contribution in [0.25, 0.3) is 0 Å². The number of rotatable bonds is 5. The van der Waals surface area contributed by atoms with Crippen LogP contribution in [0.4, 0.5) is 0 Å².